The molecule has 1 atom stereocenters. The highest BCUT2D eigenvalue weighted by molar-refractivity contribution is 4.83. The smallest absolute Gasteiger partial charge is 0.0718 e. The van der Waals surface area contributed by atoms with Crippen LogP contribution in [0, 0.1) is 5.41 Å². The minimum absolute atomic E-state index is 0.257. The van der Waals surface area contributed by atoms with Gasteiger partial charge in [-0.3, -0.25) is 4.90 Å². The fourth-order valence-electron chi connectivity index (χ4n) is 3.04. The number of hydrogen-bond donors (Lipinski definition) is 2. The van der Waals surface area contributed by atoms with Crippen molar-refractivity contribution in [3.8, 4) is 0 Å². The number of aliphatic hydroxyl groups is 1. The minimum atomic E-state index is -0.587. The Balaban J connectivity index is 2.37. The highest BCUT2D eigenvalue weighted by Gasteiger charge is 2.28. The zero-order valence-corrected chi connectivity index (χ0v) is 13.3. The molecule has 0 bridgehead atoms. The van der Waals surface area contributed by atoms with Crippen LogP contribution in [0.1, 0.15) is 40.5 Å². The predicted molar refractivity (Wildman–Crippen MR) is 81.2 cm³/mol. The van der Waals surface area contributed by atoms with Crippen LogP contribution in [0.5, 0.6) is 0 Å². The first kappa shape index (κ1) is 16.9. The van der Waals surface area contributed by atoms with E-state index in [9.17, 15) is 5.11 Å². The second kappa shape index (κ2) is 7.02. The highest BCUT2D eigenvalue weighted by atomic mass is 16.3. The van der Waals surface area contributed by atoms with Crippen molar-refractivity contribution < 1.29 is 5.11 Å². The van der Waals surface area contributed by atoms with Gasteiger partial charge in [0.1, 0.15) is 0 Å². The summed E-state index contributed by atoms with van der Waals surface area (Å²) in [5.41, 5.74) is 5.62. The number of hydrogen-bond acceptors (Lipinski definition) is 4. The molecule has 0 aromatic rings. The summed E-state index contributed by atoms with van der Waals surface area (Å²) >= 11 is 0. The summed E-state index contributed by atoms with van der Waals surface area (Å²) in [4.78, 5) is 4.89. The number of nitrogens with two attached hydrogens (primary N) is 1. The third kappa shape index (κ3) is 6.21. The summed E-state index contributed by atoms with van der Waals surface area (Å²) < 4.78 is 0. The molecule has 4 nitrogen and oxygen atoms in total. The van der Waals surface area contributed by atoms with Gasteiger partial charge >= 0.3 is 0 Å². The number of rotatable bonds is 7. The third-order valence-electron chi connectivity index (χ3n) is 4.03. The van der Waals surface area contributed by atoms with E-state index in [4.69, 9.17) is 5.73 Å². The van der Waals surface area contributed by atoms with Crippen molar-refractivity contribution in [3.63, 3.8) is 0 Å². The maximum absolute atomic E-state index is 9.86. The van der Waals surface area contributed by atoms with Gasteiger partial charge in [0.05, 0.1) is 5.60 Å². The molecule has 1 fully saturated rings. The lowest BCUT2D eigenvalue weighted by Gasteiger charge is -2.41. The van der Waals surface area contributed by atoms with Gasteiger partial charge in [0.2, 0.25) is 0 Å². The molecule has 0 saturated carbocycles. The van der Waals surface area contributed by atoms with E-state index in [1.54, 1.807) is 0 Å². The van der Waals surface area contributed by atoms with Crippen molar-refractivity contribution in [2.45, 2.75) is 46.1 Å². The van der Waals surface area contributed by atoms with Gasteiger partial charge in [-0.2, -0.15) is 0 Å². The van der Waals surface area contributed by atoms with E-state index in [-0.39, 0.29) is 5.41 Å². The average molecular weight is 271 g/mol. The summed E-state index contributed by atoms with van der Waals surface area (Å²) in [6.45, 7) is 15.2. The Hall–Kier alpha value is -0.160. The number of nitrogens with zero attached hydrogens (tertiary/aromatic N) is 2. The van der Waals surface area contributed by atoms with Crippen molar-refractivity contribution in [2.24, 2.45) is 11.1 Å². The minimum Gasteiger partial charge on any atom is -0.389 e. The molecule has 0 aliphatic carbocycles. The first-order valence-electron chi connectivity index (χ1n) is 7.65. The summed E-state index contributed by atoms with van der Waals surface area (Å²) in [5.74, 6) is 0. The van der Waals surface area contributed by atoms with Crippen LogP contribution in [0.25, 0.3) is 0 Å². The first-order valence-corrected chi connectivity index (χ1v) is 7.65. The van der Waals surface area contributed by atoms with Crippen LogP contribution in [-0.2, 0) is 0 Å². The molecule has 1 aliphatic rings. The van der Waals surface area contributed by atoms with Gasteiger partial charge in [0.25, 0.3) is 0 Å². The lowest BCUT2D eigenvalue weighted by atomic mass is 9.85. The van der Waals surface area contributed by atoms with E-state index in [1.165, 1.54) is 12.8 Å². The van der Waals surface area contributed by atoms with E-state index in [2.05, 4.69) is 23.6 Å². The summed E-state index contributed by atoms with van der Waals surface area (Å²) in [5, 5.41) is 9.86. The van der Waals surface area contributed by atoms with Gasteiger partial charge < -0.3 is 15.7 Å². The van der Waals surface area contributed by atoms with Gasteiger partial charge in [-0.1, -0.05) is 20.3 Å². The molecule has 0 spiro atoms. The molecule has 1 unspecified atom stereocenters. The molecule has 1 rings (SSSR count). The van der Waals surface area contributed by atoms with Crippen molar-refractivity contribution in [1.82, 2.24) is 9.80 Å². The monoisotopic (exact) mass is 271 g/mol. The van der Waals surface area contributed by atoms with Crippen LogP contribution >= 0.6 is 0 Å². The van der Waals surface area contributed by atoms with Crippen molar-refractivity contribution in [2.75, 3.05) is 45.8 Å². The SMILES string of the molecule is CCCC(C)(CN)CN1CCN(CC(C)(C)O)CC1. The maximum atomic E-state index is 9.86. The summed E-state index contributed by atoms with van der Waals surface area (Å²) in [6, 6.07) is 0. The second-order valence-electron chi connectivity index (χ2n) is 7.13. The Morgan fingerprint density at radius 3 is 1.84 bits per heavy atom. The standard InChI is InChI=1S/C15H33N3O/c1-5-6-15(4,11-16)13-18-9-7-17(8-10-18)12-14(2,3)19/h19H,5-13,16H2,1-4H3. The fraction of sp³-hybridized carbons (Fsp3) is 1.00. The zero-order chi connectivity index (χ0) is 14.5. The molecule has 3 N–H and O–H groups in total. The largest absolute Gasteiger partial charge is 0.389 e. The molecule has 0 aromatic carbocycles. The number of piperazine rings is 1. The molecule has 4 heteroatoms. The Morgan fingerprint density at radius 2 is 1.47 bits per heavy atom. The fourth-order valence-corrected chi connectivity index (χ4v) is 3.04. The van der Waals surface area contributed by atoms with E-state index in [0.717, 1.165) is 45.8 Å². The van der Waals surface area contributed by atoms with Gasteiger partial charge in [0, 0.05) is 39.3 Å². The van der Waals surface area contributed by atoms with E-state index >= 15 is 0 Å². The molecule has 1 saturated heterocycles. The molecule has 19 heavy (non-hydrogen) atoms. The van der Waals surface area contributed by atoms with E-state index < -0.39 is 5.60 Å². The van der Waals surface area contributed by atoms with E-state index in [0.29, 0.717) is 0 Å². The van der Waals surface area contributed by atoms with Crippen LogP contribution in [0.2, 0.25) is 0 Å². The lowest BCUT2D eigenvalue weighted by Crippen LogP contribution is -2.53. The van der Waals surface area contributed by atoms with E-state index in [1.807, 2.05) is 13.8 Å². The topological polar surface area (TPSA) is 52.7 Å². The van der Waals surface area contributed by atoms with Crippen molar-refractivity contribution in [3.05, 3.63) is 0 Å². The van der Waals surface area contributed by atoms with Crippen molar-refractivity contribution in [1.29, 1.82) is 0 Å². The molecular weight excluding hydrogens is 238 g/mol. The molecule has 1 aliphatic heterocycles. The number of β-amino-alcohol motifs (C(OH)–C–C–N with tert-alkyl or cyclic N) is 1. The van der Waals surface area contributed by atoms with Gasteiger partial charge in [-0.25, -0.2) is 0 Å². The maximum Gasteiger partial charge on any atom is 0.0718 e. The summed E-state index contributed by atoms with van der Waals surface area (Å²) in [6.07, 6.45) is 2.40. The first-order chi connectivity index (χ1) is 8.78. The van der Waals surface area contributed by atoms with Crippen LogP contribution < -0.4 is 5.73 Å². The highest BCUT2D eigenvalue weighted by Crippen LogP contribution is 2.24. The van der Waals surface area contributed by atoms with Crippen LogP contribution in [0.3, 0.4) is 0 Å². The molecule has 114 valence electrons. The Kier molecular flexibility index (Phi) is 6.24. The molecular formula is C15H33N3O. The lowest BCUT2D eigenvalue weighted by molar-refractivity contribution is 0.0115. The van der Waals surface area contributed by atoms with Crippen molar-refractivity contribution >= 4 is 0 Å². The third-order valence-corrected chi connectivity index (χ3v) is 4.03. The predicted octanol–water partition coefficient (Wildman–Crippen LogP) is 1.14. The average Bonchev–Trinajstić information content (AvgIpc) is 2.30. The van der Waals surface area contributed by atoms with Crippen LogP contribution in [0.4, 0.5) is 0 Å². The summed E-state index contributed by atoms with van der Waals surface area (Å²) in [7, 11) is 0. The van der Waals surface area contributed by atoms with Gasteiger partial charge in [-0.15, -0.1) is 0 Å². The normalized spacial score (nSPS) is 22.4. The molecule has 0 radical (unpaired) electrons. The second-order valence-corrected chi connectivity index (χ2v) is 7.13. The molecule has 1 heterocycles. The molecule has 0 aromatic heterocycles. The Bertz CT molecular complexity index is 257. The zero-order valence-electron chi connectivity index (χ0n) is 13.3. The Labute approximate surface area is 118 Å². The van der Waals surface area contributed by atoms with Crippen LogP contribution in [-0.4, -0.2) is 66.3 Å². The molecule has 0 amide bonds. The van der Waals surface area contributed by atoms with Crippen LogP contribution in [0.15, 0.2) is 0 Å². The van der Waals surface area contributed by atoms with Gasteiger partial charge in [-0.05, 0) is 32.2 Å². The van der Waals surface area contributed by atoms with Gasteiger partial charge in [0.15, 0.2) is 0 Å². The Morgan fingerprint density at radius 1 is 1.00 bits per heavy atom. The quantitative estimate of drug-likeness (QED) is 0.729.